The number of likely N-dealkylation sites (tertiary alicyclic amines) is 1. The van der Waals surface area contributed by atoms with E-state index in [2.05, 4.69) is 27.0 Å². The predicted octanol–water partition coefficient (Wildman–Crippen LogP) is 2.32. The zero-order valence-electron chi connectivity index (χ0n) is 15.3. The summed E-state index contributed by atoms with van der Waals surface area (Å²) >= 11 is 0. The van der Waals surface area contributed by atoms with Gasteiger partial charge in [0.15, 0.2) is 0 Å². The molecule has 1 unspecified atom stereocenters. The van der Waals surface area contributed by atoms with E-state index in [9.17, 15) is 4.79 Å². The van der Waals surface area contributed by atoms with Gasteiger partial charge in [0.2, 0.25) is 11.8 Å². The number of aromatic nitrogens is 3. The smallest absolute Gasteiger partial charge is 0.245 e. The molecule has 1 amide bonds. The van der Waals surface area contributed by atoms with Gasteiger partial charge in [-0.05, 0) is 50.4 Å². The summed E-state index contributed by atoms with van der Waals surface area (Å²) in [5.74, 6) is 2.09. The fourth-order valence-electron chi connectivity index (χ4n) is 3.93. The molecule has 2 saturated heterocycles. The molecule has 7 nitrogen and oxygen atoms in total. The first-order chi connectivity index (χ1) is 12.7. The lowest BCUT2D eigenvalue weighted by Crippen LogP contribution is -2.45. The number of carbonyl (C=O) groups is 1. The first kappa shape index (κ1) is 17.0. The minimum atomic E-state index is -0.0103. The first-order valence-electron chi connectivity index (χ1n) is 9.27. The number of rotatable bonds is 4. The predicted molar refractivity (Wildman–Crippen MR) is 99.1 cm³/mol. The number of hydrogen-bond donors (Lipinski definition) is 1. The fourth-order valence-corrected chi connectivity index (χ4v) is 3.93. The van der Waals surface area contributed by atoms with Gasteiger partial charge in [0.1, 0.15) is 5.82 Å². The van der Waals surface area contributed by atoms with Crippen LogP contribution in [0.3, 0.4) is 0 Å². The number of methoxy groups -OCH3 is 1. The molecule has 0 saturated carbocycles. The lowest BCUT2D eigenvalue weighted by atomic mass is 9.97. The monoisotopic (exact) mass is 355 g/mol. The highest BCUT2D eigenvalue weighted by atomic mass is 16.5. The minimum Gasteiger partial charge on any atom is -0.480 e. The minimum absolute atomic E-state index is 0.0103. The van der Waals surface area contributed by atoms with Crippen molar-refractivity contribution in [1.82, 2.24) is 20.1 Å². The zero-order valence-corrected chi connectivity index (χ0v) is 15.3. The number of nitrogens with one attached hydrogen (secondary N) is 1. The summed E-state index contributed by atoms with van der Waals surface area (Å²) in [6, 6.07) is 3.82. The average molecular weight is 355 g/mol. The van der Waals surface area contributed by atoms with E-state index in [0.29, 0.717) is 18.2 Å². The fraction of sp³-hybridized carbons (Fsp3) is 0.526. The molecule has 4 heterocycles. The molecule has 138 valence electrons. The van der Waals surface area contributed by atoms with Crippen molar-refractivity contribution in [2.24, 2.45) is 5.92 Å². The van der Waals surface area contributed by atoms with Crippen molar-refractivity contribution in [3.05, 3.63) is 24.5 Å². The van der Waals surface area contributed by atoms with E-state index in [-0.39, 0.29) is 11.9 Å². The number of hydrogen-bond acceptors (Lipinski definition) is 5. The maximum atomic E-state index is 13.0. The molecule has 1 N–H and O–H groups in total. The largest absolute Gasteiger partial charge is 0.480 e. The van der Waals surface area contributed by atoms with Crippen LogP contribution in [0.1, 0.15) is 26.2 Å². The highest BCUT2D eigenvalue weighted by Crippen LogP contribution is 2.32. The lowest BCUT2D eigenvalue weighted by Gasteiger charge is -2.33. The van der Waals surface area contributed by atoms with Crippen LogP contribution >= 0.6 is 0 Å². The van der Waals surface area contributed by atoms with Crippen LogP contribution in [0.15, 0.2) is 24.5 Å². The average Bonchev–Trinajstić information content (AvgIpc) is 3.32. The molecule has 2 fully saturated rings. The molecule has 4 rings (SSSR count). The van der Waals surface area contributed by atoms with Crippen LogP contribution in [-0.2, 0) is 4.79 Å². The summed E-state index contributed by atoms with van der Waals surface area (Å²) in [5, 5.41) is 6.77. The van der Waals surface area contributed by atoms with Gasteiger partial charge in [-0.3, -0.25) is 19.7 Å². The van der Waals surface area contributed by atoms with Gasteiger partial charge in [-0.1, -0.05) is 6.92 Å². The Labute approximate surface area is 153 Å². The normalized spacial score (nSPS) is 22.2. The molecular formula is C19H25N5O2. The van der Waals surface area contributed by atoms with Gasteiger partial charge in [-0.25, -0.2) is 0 Å². The Morgan fingerprint density at radius 2 is 2.00 bits per heavy atom. The second kappa shape index (κ2) is 7.07. The van der Waals surface area contributed by atoms with Crippen molar-refractivity contribution in [2.75, 3.05) is 31.6 Å². The number of ether oxygens (including phenoxy) is 1. The summed E-state index contributed by atoms with van der Waals surface area (Å²) in [6.07, 6.45) is 6.74. The zero-order chi connectivity index (χ0) is 18.1. The SMILES string of the molecule is COc1nc(N2CCC(N3CCC(C)CC3)C2=O)ccc1-c1cn[nH]c1. The third-order valence-corrected chi connectivity index (χ3v) is 5.56. The number of aromatic amines is 1. The number of H-pyrrole nitrogens is 1. The summed E-state index contributed by atoms with van der Waals surface area (Å²) in [6.45, 7) is 5.03. The number of nitrogens with zero attached hydrogens (tertiary/aromatic N) is 4. The summed E-state index contributed by atoms with van der Waals surface area (Å²) in [7, 11) is 1.60. The number of piperidine rings is 1. The molecule has 0 aliphatic carbocycles. The second-order valence-corrected chi connectivity index (χ2v) is 7.23. The number of anilines is 1. The van der Waals surface area contributed by atoms with Crippen molar-refractivity contribution >= 4 is 11.7 Å². The summed E-state index contributed by atoms with van der Waals surface area (Å²) in [5.41, 5.74) is 1.77. The van der Waals surface area contributed by atoms with Gasteiger partial charge in [0.25, 0.3) is 0 Å². The Hall–Kier alpha value is -2.41. The Kier molecular flexibility index (Phi) is 4.63. The number of pyridine rings is 1. The van der Waals surface area contributed by atoms with Crippen LogP contribution in [0.2, 0.25) is 0 Å². The van der Waals surface area contributed by atoms with Gasteiger partial charge >= 0.3 is 0 Å². The molecule has 2 aromatic rings. The van der Waals surface area contributed by atoms with Crippen molar-refractivity contribution < 1.29 is 9.53 Å². The second-order valence-electron chi connectivity index (χ2n) is 7.23. The molecule has 1 atom stereocenters. The maximum Gasteiger partial charge on any atom is 0.245 e. The lowest BCUT2D eigenvalue weighted by molar-refractivity contribution is -0.122. The van der Waals surface area contributed by atoms with E-state index in [1.165, 1.54) is 12.8 Å². The van der Waals surface area contributed by atoms with Crippen LogP contribution < -0.4 is 9.64 Å². The molecule has 0 aromatic carbocycles. The van der Waals surface area contributed by atoms with Gasteiger partial charge in [-0.15, -0.1) is 0 Å². The van der Waals surface area contributed by atoms with E-state index in [0.717, 1.165) is 36.6 Å². The number of carbonyl (C=O) groups excluding carboxylic acids is 1. The van der Waals surface area contributed by atoms with E-state index in [1.807, 2.05) is 12.1 Å². The third-order valence-electron chi connectivity index (χ3n) is 5.56. The molecule has 2 aliphatic heterocycles. The third kappa shape index (κ3) is 3.07. The summed E-state index contributed by atoms with van der Waals surface area (Å²) < 4.78 is 5.46. The van der Waals surface area contributed by atoms with Gasteiger partial charge < -0.3 is 4.74 Å². The van der Waals surface area contributed by atoms with E-state index in [4.69, 9.17) is 4.74 Å². The number of amides is 1. The summed E-state index contributed by atoms with van der Waals surface area (Å²) in [4.78, 5) is 21.7. The van der Waals surface area contributed by atoms with Crippen molar-refractivity contribution in [3.63, 3.8) is 0 Å². The molecule has 0 spiro atoms. The Bertz CT molecular complexity index is 768. The molecule has 7 heteroatoms. The molecule has 0 radical (unpaired) electrons. The Morgan fingerprint density at radius 1 is 1.19 bits per heavy atom. The van der Waals surface area contributed by atoms with Gasteiger partial charge in [0, 0.05) is 23.9 Å². The molecular weight excluding hydrogens is 330 g/mol. The van der Waals surface area contributed by atoms with Crippen LogP contribution in [0.25, 0.3) is 11.1 Å². The van der Waals surface area contributed by atoms with Crippen LogP contribution in [0, 0.1) is 5.92 Å². The van der Waals surface area contributed by atoms with Crippen LogP contribution in [0.5, 0.6) is 5.88 Å². The van der Waals surface area contributed by atoms with E-state index >= 15 is 0 Å². The molecule has 2 aromatic heterocycles. The van der Waals surface area contributed by atoms with E-state index in [1.54, 1.807) is 24.4 Å². The van der Waals surface area contributed by atoms with E-state index < -0.39 is 0 Å². The molecule has 2 aliphatic rings. The maximum absolute atomic E-state index is 13.0. The first-order valence-corrected chi connectivity index (χ1v) is 9.27. The Balaban J connectivity index is 1.54. The highest BCUT2D eigenvalue weighted by Gasteiger charge is 2.38. The topological polar surface area (TPSA) is 74.3 Å². The van der Waals surface area contributed by atoms with Crippen molar-refractivity contribution in [2.45, 2.75) is 32.2 Å². The quantitative estimate of drug-likeness (QED) is 0.911. The molecule has 0 bridgehead atoms. The Morgan fingerprint density at radius 3 is 2.69 bits per heavy atom. The van der Waals surface area contributed by atoms with Crippen LogP contribution in [0.4, 0.5) is 5.82 Å². The highest BCUT2D eigenvalue weighted by molar-refractivity contribution is 5.99. The standard InChI is InChI=1S/C19H25N5O2/c1-13-5-8-23(9-6-13)16-7-10-24(19(16)25)17-4-3-15(18(22-17)26-2)14-11-20-21-12-14/h3-4,11-13,16H,5-10H2,1-2H3,(H,20,21). The van der Waals surface area contributed by atoms with Crippen LogP contribution in [-0.4, -0.2) is 58.8 Å². The van der Waals surface area contributed by atoms with Gasteiger partial charge in [0.05, 0.1) is 19.3 Å². The van der Waals surface area contributed by atoms with Crippen molar-refractivity contribution in [1.29, 1.82) is 0 Å². The molecule has 26 heavy (non-hydrogen) atoms. The van der Waals surface area contributed by atoms with Gasteiger partial charge in [-0.2, -0.15) is 10.1 Å². The van der Waals surface area contributed by atoms with Crippen molar-refractivity contribution in [3.8, 4) is 17.0 Å².